The molecule has 2 aromatic rings. The van der Waals surface area contributed by atoms with Crippen molar-refractivity contribution < 1.29 is 9.90 Å². The zero-order chi connectivity index (χ0) is 14.0. The minimum Gasteiger partial charge on any atom is -0.481 e. The van der Waals surface area contributed by atoms with Crippen LogP contribution in [0.5, 0.6) is 0 Å². The van der Waals surface area contributed by atoms with Gasteiger partial charge in [0, 0.05) is 15.5 Å². The van der Waals surface area contributed by atoms with Crippen molar-refractivity contribution in [2.75, 3.05) is 5.32 Å². The number of aromatic nitrogens is 1. The van der Waals surface area contributed by atoms with Gasteiger partial charge in [0.2, 0.25) is 0 Å². The molecule has 4 nitrogen and oxygen atoms in total. The SMILES string of the molecule is Cc1cc(Br)cc(C)c1Nc1nc(CC(=O)O)cs1. The molecular formula is C13H13BrN2O2S. The molecule has 0 aliphatic rings. The summed E-state index contributed by atoms with van der Waals surface area (Å²) >= 11 is 4.87. The van der Waals surface area contributed by atoms with Crippen LogP contribution >= 0.6 is 27.3 Å². The van der Waals surface area contributed by atoms with Crippen molar-refractivity contribution in [2.24, 2.45) is 0 Å². The topological polar surface area (TPSA) is 62.2 Å². The molecule has 19 heavy (non-hydrogen) atoms. The largest absolute Gasteiger partial charge is 0.481 e. The number of nitrogens with one attached hydrogen (secondary N) is 1. The Morgan fingerprint density at radius 2 is 2.05 bits per heavy atom. The molecule has 0 saturated heterocycles. The molecule has 2 N–H and O–H groups in total. The van der Waals surface area contributed by atoms with Gasteiger partial charge in [0.05, 0.1) is 12.1 Å². The Kier molecular flexibility index (Phi) is 4.21. The number of carbonyl (C=O) groups is 1. The lowest BCUT2D eigenvalue weighted by atomic mass is 10.1. The second kappa shape index (κ2) is 5.71. The second-order valence-electron chi connectivity index (χ2n) is 4.25. The molecule has 0 aliphatic heterocycles. The maximum atomic E-state index is 10.6. The molecule has 100 valence electrons. The molecule has 0 amide bonds. The number of halogens is 1. The summed E-state index contributed by atoms with van der Waals surface area (Å²) in [6, 6.07) is 4.06. The number of benzene rings is 1. The molecule has 0 spiro atoms. The lowest BCUT2D eigenvalue weighted by Gasteiger charge is -2.11. The number of hydrogen-bond acceptors (Lipinski definition) is 4. The minimum atomic E-state index is -0.868. The third-order valence-electron chi connectivity index (χ3n) is 2.61. The maximum Gasteiger partial charge on any atom is 0.309 e. The van der Waals surface area contributed by atoms with Crippen LogP contribution in [0, 0.1) is 13.8 Å². The number of aryl methyl sites for hydroxylation is 2. The summed E-state index contributed by atoms with van der Waals surface area (Å²) in [5.74, 6) is -0.868. The van der Waals surface area contributed by atoms with E-state index in [2.05, 4.69) is 26.2 Å². The molecule has 0 radical (unpaired) electrons. The third-order valence-corrected chi connectivity index (χ3v) is 3.88. The zero-order valence-electron chi connectivity index (χ0n) is 10.5. The van der Waals surface area contributed by atoms with E-state index in [0.29, 0.717) is 10.8 Å². The molecule has 1 heterocycles. The van der Waals surface area contributed by atoms with Gasteiger partial charge in [0.25, 0.3) is 0 Å². The Bertz CT molecular complexity index is 602. The monoisotopic (exact) mass is 340 g/mol. The molecule has 0 bridgehead atoms. The van der Waals surface area contributed by atoms with Crippen LogP contribution in [0.3, 0.4) is 0 Å². The molecule has 0 saturated carbocycles. The first-order chi connectivity index (χ1) is 8.95. The molecule has 0 unspecified atom stereocenters. The van der Waals surface area contributed by atoms with Crippen LogP contribution in [-0.4, -0.2) is 16.1 Å². The van der Waals surface area contributed by atoms with Crippen molar-refractivity contribution in [3.63, 3.8) is 0 Å². The predicted octanol–water partition coefficient (Wildman–Crippen LogP) is 3.89. The van der Waals surface area contributed by atoms with Crippen molar-refractivity contribution in [1.29, 1.82) is 0 Å². The van der Waals surface area contributed by atoms with Crippen LogP contribution in [0.4, 0.5) is 10.8 Å². The van der Waals surface area contributed by atoms with Crippen LogP contribution in [0.2, 0.25) is 0 Å². The van der Waals surface area contributed by atoms with E-state index in [1.54, 1.807) is 5.38 Å². The minimum absolute atomic E-state index is 0.0452. The summed E-state index contributed by atoms with van der Waals surface area (Å²) < 4.78 is 1.04. The van der Waals surface area contributed by atoms with Crippen LogP contribution in [0.15, 0.2) is 22.0 Å². The van der Waals surface area contributed by atoms with Crippen molar-refractivity contribution in [2.45, 2.75) is 20.3 Å². The lowest BCUT2D eigenvalue weighted by Crippen LogP contribution is -2.01. The molecule has 0 aliphatic carbocycles. The van der Waals surface area contributed by atoms with Crippen LogP contribution in [0.25, 0.3) is 0 Å². The van der Waals surface area contributed by atoms with E-state index >= 15 is 0 Å². The van der Waals surface area contributed by atoms with Crippen LogP contribution in [0.1, 0.15) is 16.8 Å². The van der Waals surface area contributed by atoms with E-state index in [4.69, 9.17) is 5.11 Å². The van der Waals surface area contributed by atoms with Gasteiger partial charge in [-0.2, -0.15) is 0 Å². The Hall–Kier alpha value is -1.40. The highest BCUT2D eigenvalue weighted by Crippen LogP contribution is 2.29. The first kappa shape index (κ1) is 14.0. The number of thiazole rings is 1. The van der Waals surface area contributed by atoms with Gasteiger partial charge >= 0.3 is 5.97 Å². The normalized spacial score (nSPS) is 10.5. The molecule has 0 atom stereocenters. The summed E-state index contributed by atoms with van der Waals surface area (Å²) in [4.78, 5) is 14.9. The van der Waals surface area contributed by atoms with E-state index in [9.17, 15) is 4.79 Å². The Morgan fingerprint density at radius 3 is 2.63 bits per heavy atom. The Balaban J connectivity index is 2.22. The van der Waals surface area contributed by atoms with Gasteiger partial charge in [-0.3, -0.25) is 4.79 Å². The highest BCUT2D eigenvalue weighted by Gasteiger charge is 2.09. The molecular weight excluding hydrogens is 328 g/mol. The van der Waals surface area contributed by atoms with Crippen molar-refractivity contribution in [3.05, 3.63) is 38.8 Å². The van der Waals surface area contributed by atoms with Crippen LogP contribution in [-0.2, 0) is 11.2 Å². The first-order valence-corrected chi connectivity index (χ1v) is 7.33. The fourth-order valence-electron chi connectivity index (χ4n) is 1.82. The molecule has 1 aromatic heterocycles. The van der Waals surface area contributed by atoms with Gasteiger partial charge in [0.15, 0.2) is 5.13 Å². The predicted molar refractivity (Wildman–Crippen MR) is 80.4 cm³/mol. The van der Waals surface area contributed by atoms with Gasteiger partial charge in [-0.1, -0.05) is 15.9 Å². The van der Waals surface area contributed by atoms with Crippen molar-refractivity contribution >= 4 is 44.1 Å². The first-order valence-electron chi connectivity index (χ1n) is 5.65. The lowest BCUT2D eigenvalue weighted by molar-refractivity contribution is -0.136. The van der Waals surface area contributed by atoms with Gasteiger partial charge in [-0.25, -0.2) is 4.98 Å². The summed E-state index contributed by atoms with van der Waals surface area (Å²) in [6.45, 7) is 4.04. The molecule has 6 heteroatoms. The van der Waals surface area contributed by atoms with E-state index in [-0.39, 0.29) is 6.42 Å². The number of carboxylic acids is 1. The smallest absolute Gasteiger partial charge is 0.309 e. The average molecular weight is 341 g/mol. The number of anilines is 2. The van der Waals surface area contributed by atoms with Gasteiger partial charge < -0.3 is 10.4 Å². The highest BCUT2D eigenvalue weighted by atomic mass is 79.9. The van der Waals surface area contributed by atoms with E-state index < -0.39 is 5.97 Å². The standard InChI is InChI=1S/C13H13BrN2O2S/c1-7-3-9(14)4-8(2)12(7)16-13-15-10(6-19-13)5-11(17)18/h3-4,6H,5H2,1-2H3,(H,15,16)(H,17,18). The molecule has 0 fully saturated rings. The summed E-state index contributed by atoms with van der Waals surface area (Å²) in [6.07, 6.45) is -0.0452. The summed E-state index contributed by atoms with van der Waals surface area (Å²) in [5, 5.41) is 14.5. The zero-order valence-corrected chi connectivity index (χ0v) is 12.9. The number of aliphatic carboxylic acids is 1. The fraction of sp³-hybridized carbons (Fsp3) is 0.231. The number of rotatable bonds is 4. The fourth-order valence-corrected chi connectivity index (χ4v) is 3.22. The van der Waals surface area contributed by atoms with Crippen molar-refractivity contribution in [1.82, 2.24) is 4.98 Å². The van der Waals surface area contributed by atoms with Crippen molar-refractivity contribution in [3.8, 4) is 0 Å². The number of carboxylic acid groups (broad SMARTS) is 1. The van der Waals surface area contributed by atoms with Gasteiger partial charge in [-0.15, -0.1) is 11.3 Å². The summed E-state index contributed by atoms with van der Waals surface area (Å²) in [7, 11) is 0. The van der Waals surface area contributed by atoms with Gasteiger partial charge in [-0.05, 0) is 37.1 Å². The Labute approximate surface area is 123 Å². The van der Waals surface area contributed by atoms with E-state index in [0.717, 1.165) is 21.3 Å². The quantitative estimate of drug-likeness (QED) is 0.886. The second-order valence-corrected chi connectivity index (χ2v) is 6.03. The maximum absolute atomic E-state index is 10.6. The Morgan fingerprint density at radius 1 is 1.42 bits per heavy atom. The molecule has 2 rings (SSSR count). The average Bonchev–Trinajstić information content (AvgIpc) is 2.70. The molecule has 1 aromatic carbocycles. The highest BCUT2D eigenvalue weighted by molar-refractivity contribution is 9.10. The van der Waals surface area contributed by atoms with E-state index in [1.165, 1.54) is 11.3 Å². The number of hydrogen-bond donors (Lipinski definition) is 2. The third kappa shape index (κ3) is 3.54. The number of nitrogens with zero attached hydrogens (tertiary/aromatic N) is 1. The summed E-state index contributed by atoms with van der Waals surface area (Å²) in [5.41, 5.74) is 3.82. The van der Waals surface area contributed by atoms with Gasteiger partial charge in [0.1, 0.15) is 0 Å². The van der Waals surface area contributed by atoms with E-state index in [1.807, 2.05) is 26.0 Å². The van der Waals surface area contributed by atoms with Crippen LogP contribution < -0.4 is 5.32 Å².